The zero-order valence-corrected chi connectivity index (χ0v) is 11.5. The van der Waals surface area contributed by atoms with Crippen LogP contribution in [0.3, 0.4) is 0 Å². The molecular weight excluding hydrogens is 216 g/mol. The quantitative estimate of drug-likeness (QED) is 0.681. The van der Waals surface area contributed by atoms with E-state index in [1.165, 1.54) is 0 Å². The lowest BCUT2D eigenvalue weighted by Crippen LogP contribution is -2.51. The van der Waals surface area contributed by atoms with E-state index in [4.69, 9.17) is 15.2 Å². The Morgan fingerprint density at radius 1 is 1.24 bits per heavy atom. The molecule has 1 fully saturated rings. The maximum Gasteiger partial charge on any atom is 0.0700 e. The average Bonchev–Trinajstić information content (AvgIpc) is 2.33. The van der Waals surface area contributed by atoms with Crippen molar-refractivity contribution in [2.75, 3.05) is 40.0 Å². The van der Waals surface area contributed by atoms with E-state index in [1.807, 2.05) is 0 Å². The molecule has 0 amide bonds. The van der Waals surface area contributed by atoms with Crippen LogP contribution in [0.2, 0.25) is 0 Å². The van der Waals surface area contributed by atoms with Crippen LogP contribution in [-0.4, -0.2) is 57.0 Å². The Hall–Kier alpha value is -0.160. The molecule has 4 nitrogen and oxygen atoms in total. The van der Waals surface area contributed by atoms with Gasteiger partial charge in [-0.05, 0) is 32.2 Å². The Kier molecular flexibility index (Phi) is 7.04. The van der Waals surface area contributed by atoms with Crippen molar-refractivity contribution < 1.29 is 9.47 Å². The summed E-state index contributed by atoms with van der Waals surface area (Å²) >= 11 is 0. The molecule has 1 aliphatic heterocycles. The van der Waals surface area contributed by atoms with E-state index < -0.39 is 0 Å². The highest BCUT2D eigenvalue weighted by molar-refractivity contribution is 4.86. The van der Waals surface area contributed by atoms with Gasteiger partial charge in [-0.2, -0.15) is 0 Å². The third-order valence-corrected chi connectivity index (χ3v) is 3.93. The second kappa shape index (κ2) is 8.03. The highest BCUT2D eigenvalue weighted by atomic mass is 16.5. The predicted molar refractivity (Wildman–Crippen MR) is 70.1 cm³/mol. The Bertz CT molecular complexity index is 202. The molecule has 1 aliphatic rings. The topological polar surface area (TPSA) is 47.7 Å². The lowest BCUT2D eigenvalue weighted by Gasteiger charge is -2.41. The van der Waals surface area contributed by atoms with Crippen molar-refractivity contribution in [1.82, 2.24) is 4.90 Å². The number of hydrogen-bond acceptors (Lipinski definition) is 4. The largest absolute Gasteiger partial charge is 0.382 e. The molecule has 0 radical (unpaired) electrons. The highest BCUT2D eigenvalue weighted by Gasteiger charge is 2.29. The van der Waals surface area contributed by atoms with Gasteiger partial charge in [0.15, 0.2) is 0 Å². The number of methoxy groups -OCH3 is 1. The van der Waals surface area contributed by atoms with Crippen molar-refractivity contribution in [3.63, 3.8) is 0 Å². The summed E-state index contributed by atoms with van der Waals surface area (Å²) in [5, 5.41) is 0. The SMILES string of the molecule is COCCOCCCN1CCC(N)C(C)C1C. The van der Waals surface area contributed by atoms with Gasteiger partial charge in [0.2, 0.25) is 0 Å². The smallest absolute Gasteiger partial charge is 0.0700 e. The van der Waals surface area contributed by atoms with E-state index >= 15 is 0 Å². The fourth-order valence-electron chi connectivity index (χ4n) is 2.40. The van der Waals surface area contributed by atoms with Crippen LogP contribution >= 0.6 is 0 Å². The van der Waals surface area contributed by atoms with Crippen LogP contribution in [0.1, 0.15) is 26.7 Å². The molecule has 17 heavy (non-hydrogen) atoms. The van der Waals surface area contributed by atoms with Gasteiger partial charge >= 0.3 is 0 Å². The van der Waals surface area contributed by atoms with Gasteiger partial charge in [0, 0.05) is 32.3 Å². The maximum atomic E-state index is 6.08. The summed E-state index contributed by atoms with van der Waals surface area (Å²) in [5.41, 5.74) is 6.08. The number of nitrogens with two attached hydrogens (primary N) is 1. The fourth-order valence-corrected chi connectivity index (χ4v) is 2.40. The number of rotatable bonds is 7. The lowest BCUT2D eigenvalue weighted by molar-refractivity contribution is 0.0524. The van der Waals surface area contributed by atoms with Gasteiger partial charge in [-0.15, -0.1) is 0 Å². The average molecular weight is 244 g/mol. The van der Waals surface area contributed by atoms with E-state index in [9.17, 15) is 0 Å². The van der Waals surface area contributed by atoms with Crippen LogP contribution < -0.4 is 5.73 Å². The molecule has 2 N–H and O–H groups in total. The summed E-state index contributed by atoms with van der Waals surface area (Å²) in [5.74, 6) is 0.596. The van der Waals surface area contributed by atoms with Crippen molar-refractivity contribution in [2.24, 2.45) is 11.7 Å². The number of likely N-dealkylation sites (tertiary alicyclic amines) is 1. The van der Waals surface area contributed by atoms with Crippen LogP contribution in [0.15, 0.2) is 0 Å². The Morgan fingerprint density at radius 3 is 2.71 bits per heavy atom. The summed E-state index contributed by atoms with van der Waals surface area (Å²) in [7, 11) is 1.70. The second-order valence-corrected chi connectivity index (χ2v) is 5.05. The van der Waals surface area contributed by atoms with Crippen LogP contribution in [0.5, 0.6) is 0 Å². The molecule has 0 saturated carbocycles. The van der Waals surface area contributed by atoms with E-state index in [0.717, 1.165) is 32.5 Å². The Labute approximate surface area is 105 Å². The predicted octanol–water partition coefficient (Wildman–Crippen LogP) is 1.10. The first-order valence-electron chi connectivity index (χ1n) is 6.73. The van der Waals surface area contributed by atoms with Gasteiger partial charge in [0.25, 0.3) is 0 Å². The summed E-state index contributed by atoms with van der Waals surface area (Å²) in [6.07, 6.45) is 2.21. The molecular formula is C13H28N2O2. The normalized spacial score (nSPS) is 30.7. The lowest BCUT2D eigenvalue weighted by atomic mass is 9.87. The summed E-state index contributed by atoms with van der Waals surface area (Å²) in [6.45, 7) is 9.01. The molecule has 0 aromatic carbocycles. The second-order valence-electron chi connectivity index (χ2n) is 5.05. The highest BCUT2D eigenvalue weighted by Crippen LogP contribution is 2.22. The summed E-state index contributed by atoms with van der Waals surface area (Å²) in [4.78, 5) is 2.54. The number of ether oxygens (including phenoxy) is 2. The van der Waals surface area contributed by atoms with Crippen LogP contribution in [0, 0.1) is 5.92 Å². The Balaban J connectivity index is 2.10. The molecule has 1 rings (SSSR count). The minimum absolute atomic E-state index is 0.374. The molecule has 4 heteroatoms. The molecule has 0 aliphatic carbocycles. The zero-order valence-electron chi connectivity index (χ0n) is 11.5. The van der Waals surface area contributed by atoms with Crippen molar-refractivity contribution in [2.45, 2.75) is 38.8 Å². The molecule has 3 atom stereocenters. The summed E-state index contributed by atoms with van der Waals surface area (Å²) in [6, 6.07) is 0.969. The van der Waals surface area contributed by atoms with E-state index in [-0.39, 0.29) is 0 Å². The third kappa shape index (κ3) is 4.92. The van der Waals surface area contributed by atoms with E-state index in [2.05, 4.69) is 18.7 Å². The fraction of sp³-hybridized carbons (Fsp3) is 1.00. The molecule has 0 bridgehead atoms. The van der Waals surface area contributed by atoms with Gasteiger partial charge in [-0.25, -0.2) is 0 Å². The van der Waals surface area contributed by atoms with Crippen molar-refractivity contribution in [1.29, 1.82) is 0 Å². The van der Waals surface area contributed by atoms with Crippen molar-refractivity contribution in [3.8, 4) is 0 Å². The molecule has 102 valence electrons. The van der Waals surface area contributed by atoms with Crippen molar-refractivity contribution in [3.05, 3.63) is 0 Å². The van der Waals surface area contributed by atoms with Gasteiger partial charge in [0.1, 0.15) is 0 Å². The molecule has 1 saturated heterocycles. The van der Waals surface area contributed by atoms with Gasteiger partial charge in [0.05, 0.1) is 13.2 Å². The summed E-state index contributed by atoms with van der Waals surface area (Å²) < 4.78 is 10.4. The molecule has 0 spiro atoms. The minimum atomic E-state index is 0.374. The molecule has 0 aromatic rings. The Morgan fingerprint density at radius 2 is 2.00 bits per heavy atom. The van der Waals surface area contributed by atoms with Gasteiger partial charge in [-0.1, -0.05) is 6.92 Å². The van der Waals surface area contributed by atoms with Crippen LogP contribution in [0.4, 0.5) is 0 Å². The zero-order chi connectivity index (χ0) is 12.7. The standard InChI is InChI=1S/C13H28N2O2/c1-11-12(2)15(7-5-13(11)14)6-4-8-17-10-9-16-3/h11-13H,4-10,14H2,1-3H3. The van der Waals surface area contributed by atoms with Crippen molar-refractivity contribution >= 4 is 0 Å². The first-order chi connectivity index (χ1) is 8.16. The molecule has 1 heterocycles. The first kappa shape index (κ1) is 14.9. The maximum absolute atomic E-state index is 6.08. The number of hydrogen-bond donors (Lipinski definition) is 1. The van der Waals surface area contributed by atoms with Gasteiger partial charge < -0.3 is 20.1 Å². The monoisotopic (exact) mass is 244 g/mol. The van der Waals surface area contributed by atoms with E-state index in [1.54, 1.807) is 7.11 Å². The van der Waals surface area contributed by atoms with Crippen LogP contribution in [0.25, 0.3) is 0 Å². The van der Waals surface area contributed by atoms with Gasteiger partial charge in [-0.3, -0.25) is 0 Å². The number of nitrogens with zero attached hydrogens (tertiary/aromatic N) is 1. The minimum Gasteiger partial charge on any atom is -0.382 e. The van der Waals surface area contributed by atoms with Crippen LogP contribution in [-0.2, 0) is 9.47 Å². The molecule has 3 unspecified atom stereocenters. The number of piperidine rings is 1. The van der Waals surface area contributed by atoms with E-state index in [0.29, 0.717) is 31.2 Å². The first-order valence-corrected chi connectivity index (χ1v) is 6.73. The third-order valence-electron chi connectivity index (χ3n) is 3.93. The molecule has 0 aromatic heterocycles.